The highest BCUT2D eigenvalue weighted by Crippen LogP contribution is 2.36. The predicted octanol–water partition coefficient (Wildman–Crippen LogP) is 5.61. The van der Waals surface area contributed by atoms with Gasteiger partial charge in [-0.2, -0.15) is 0 Å². The highest BCUT2D eigenvalue weighted by molar-refractivity contribution is 5.91. The first kappa shape index (κ1) is 17.1. The molecule has 3 nitrogen and oxygen atoms in total. The van der Waals surface area contributed by atoms with Crippen LogP contribution in [0.2, 0.25) is 0 Å². The van der Waals surface area contributed by atoms with Crippen LogP contribution < -0.4 is 4.74 Å². The molecule has 2 aromatic heterocycles. The van der Waals surface area contributed by atoms with Crippen molar-refractivity contribution in [2.24, 2.45) is 0 Å². The van der Waals surface area contributed by atoms with Crippen LogP contribution >= 0.6 is 0 Å². The van der Waals surface area contributed by atoms with Crippen LogP contribution in [0.5, 0.6) is 5.75 Å². The number of aryl methyl sites for hydroxylation is 2. The summed E-state index contributed by atoms with van der Waals surface area (Å²) in [5.74, 6) is 0.793. The zero-order valence-electron chi connectivity index (χ0n) is 15.5. The van der Waals surface area contributed by atoms with Crippen molar-refractivity contribution in [1.29, 1.82) is 0 Å². The Morgan fingerprint density at radius 3 is 2.41 bits per heavy atom. The van der Waals surface area contributed by atoms with Gasteiger partial charge in [0.05, 0.1) is 5.69 Å². The van der Waals surface area contributed by atoms with Crippen molar-refractivity contribution in [2.75, 3.05) is 0 Å². The summed E-state index contributed by atoms with van der Waals surface area (Å²) in [4.78, 5) is 11.9. The van der Waals surface area contributed by atoms with Gasteiger partial charge >= 0.3 is 0 Å². The van der Waals surface area contributed by atoms with E-state index in [0.29, 0.717) is 12.3 Å². The second-order valence-corrected chi connectivity index (χ2v) is 6.76. The molecule has 3 heteroatoms. The van der Waals surface area contributed by atoms with E-state index in [0.717, 1.165) is 34.2 Å². The van der Waals surface area contributed by atoms with E-state index < -0.39 is 0 Å². The summed E-state index contributed by atoms with van der Waals surface area (Å²) in [6.07, 6.45) is 2.83. The van der Waals surface area contributed by atoms with Crippen LogP contribution in [-0.4, -0.2) is 10.7 Å². The lowest BCUT2D eigenvalue weighted by Gasteiger charge is -2.14. The molecule has 0 radical (unpaired) electrons. The molecular formula is C24H21NO2. The molecule has 0 atom stereocenters. The summed E-state index contributed by atoms with van der Waals surface area (Å²) in [5.41, 5.74) is 6.91. The number of rotatable bonds is 5. The van der Waals surface area contributed by atoms with Gasteiger partial charge in [0.1, 0.15) is 12.4 Å². The minimum absolute atomic E-state index is 0.486. The van der Waals surface area contributed by atoms with Gasteiger partial charge in [-0.3, -0.25) is 4.79 Å². The number of aromatic nitrogens is 1. The molecule has 0 aliphatic rings. The van der Waals surface area contributed by atoms with Crippen molar-refractivity contribution in [3.63, 3.8) is 0 Å². The summed E-state index contributed by atoms with van der Waals surface area (Å²) in [6, 6.07) is 22.2. The van der Waals surface area contributed by atoms with E-state index in [2.05, 4.69) is 26.0 Å². The van der Waals surface area contributed by atoms with Crippen LogP contribution in [0.3, 0.4) is 0 Å². The van der Waals surface area contributed by atoms with Crippen molar-refractivity contribution in [3.8, 4) is 16.9 Å². The molecule has 134 valence electrons. The predicted molar refractivity (Wildman–Crippen MR) is 108 cm³/mol. The largest absolute Gasteiger partial charge is 0.488 e. The summed E-state index contributed by atoms with van der Waals surface area (Å²) >= 11 is 0. The van der Waals surface area contributed by atoms with E-state index in [4.69, 9.17) is 4.74 Å². The first-order chi connectivity index (χ1) is 13.2. The quantitative estimate of drug-likeness (QED) is 0.435. The first-order valence-electron chi connectivity index (χ1n) is 9.01. The lowest BCUT2D eigenvalue weighted by Crippen LogP contribution is -1.99. The van der Waals surface area contributed by atoms with Crippen LogP contribution in [0.4, 0.5) is 0 Å². The van der Waals surface area contributed by atoms with Crippen molar-refractivity contribution in [3.05, 3.63) is 95.3 Å². The minimum atomic E-state index is 0.486. The Bertz CT molecular complexity index is 1110. The second kappa shape index (κ2) is 7.12. The smallest absolute Gasteiger partial charge is 0.167 e. The van der Waals surface area contributed by atoms with Gasteiger partial charge in [0.25, 0.3) is 0 Å². The Morgan fingerprint density at radius 2 is 1.63 bits per heavy atom. The van der Waals surface area contributed by atoms with E-state index in [1.807, 2.05) is 65.2 Å². The van der Waals surface area contributed by atoms with Gasteiger partial charge in [0, 0.05) is 22.8 Å². The molecular weight excluding hydrogens is 334 g/mol. The Morgan fingerprint density at radius 1 is 0.889 bits per heavy atom. The summed E-state index contributed by atoms with van der Waals surface area (Å²) in [7, 11) is 0. The normalized spacial score (nSPS) is 10.9. The van der Waals surface area contributed by atoms with Gasteiger partial charge in [-0.1, -0.05) is 36.4 Å². The van der Waals surface area contributed by atoms with Gasteiger partial charge in [0.15, 0.2) is 6.29 Å². The van der Waals surface area contributed by atoms with E-state index in [9.17, 15) is 4.79 Å². The van der Waals surface area contributed by atoms with Gasteiger partial charge < -0.3 is 9.14 Å². The average Bonchev–Trinajstić information content (AvgIpc) is 3.07. The number of pyridine rings is 1. The number of hydrogen-bond acceptors (Lipinski definition) is 2. The van der Waals surface area contributed by atoms with Crippen LogP contribution in [0.15, 0.2) is 72.9 Å². The van der Waals surface area contributed by atoms with Gasteiger partial charge in [-0.15, -0.1) is 0 Å². The van der Waals surface area contributed by atoms with Crippen molar-refractivity contribution in [2.45, 2.75) is 20.5 Å². The lowest BCUT2D eigenvalue weighted by atomic mass is 9.99. The molecule has 0 saturated carbocycles. The highest BCUT2D eigenvalue weighted by Gasteiger charge is 2.16. The fraction of sp³-hybridized carbons (Fsp3) is 0.125. The second-order valence-electron chi connectivity index (χ2n) is 6.76. The van der Waals surface area contributed by atoms with Gasteiger partial charge in [-0.25, -0.2) is 0 Å². The number of ether oxygens (including phenoxy) is 1. The maximum Gasteiger partial charge on any atom is 0.167 e. The molecule has 0 unspecified atom stereocenters. The van der Waals surface area contributed by atoms with Crippen LogP contribution in [0.25, 0.3) is 16.6 Å². The third-order valence-corrected chi connectivity index (χ3v) is 4.95. The molecule has 0 N–H and O–H groups in total. The average molecular weight is 355 g/mol. The van der Waals surface area contributed by atoms with Crippen molar-refractivity contribution in [1.82, 2.24) is 4.40 Å². The SMILES string of the molecule is Cc1cc(OCc2ccccc2)c(-c2cc3ccccn3c2C=O)cc1C. The Labute approximate surface area is 158 Å². The maximum absolute atomic E-state index is 11.9. The Kier molecular flexibility index (Phi) is 4.51. The molecule has 27 heavy (non-hydrogen) atoms. The number of carbonyl (C=O) groups excluding carboxylic acids is 1. The molecule has 4 rings (SSSR count). The lowest BCUT2D eigenvalue weighted by molar-refractivity contribution is 0.111. The molecule has 0 bridgehead atoms. The fourth-order valence-electron chi connectivity index (χ4n) is 3.34. The maximum atomic E-state index is 11.9. The minimum Gasteiger partial charge on any atom is -0.488 e. The summed E-state index contributed by atoms with van der Waals surface area (Å²) in [5, 5.41) is 0. The zero-order chi connectivity index (χ0) is 18.8. The third-order valence-electron chi connectivity index (χ3n) is 4.95. The van der Waals surface area contributed by atoms with Gasteiger partial charge in [0.2, 0.25) is 0 Å². The molecule has 0 aliphatic carbocycles. The molecule has 0 spiro atoms. The number of fused-ring (bicyclic) bond motifs is 1. The highest BCUT2D eigenvalue weighted by atomic mass is 16.5. The summed E-state index contributed by atoms with van der Waals surface area (Å²) in [6.45, 7) is 4.64. The van der Waals surface area contributed by atoms with Crippen LogP contribution in [0, 0.1) is 13.8 Å². The Balaban J connectivity index is 1.82. The molecule has 0 saturated heterocycles. The summed E-state index contributed by atoms with van der Waals surface area (Å²) < 4.78 is 8.10. The van der Waals surface area contributed by atoms with E-state index in [-0.39, 0.29) is 0 Å². The fourth-order valence-corrected chi connectivity index (χ4v) is 3.34. The standard InChI is InChI=1S/C24H21NO2/c1-17-12-22(21-14-20-10-6-7-11-25(20)23(21)15-26)24(13-18(17)2)27-16-19-8-4-3-5-9-19/h3-15H,16H2,1-2H3. The van der Waals surface area contributed by atoms with E-state index in [1.165, 1.54) is 11.1 Å². The molecule has 0 fully saturated rings. The number of carbonyl (C=O) groups is 1. The van der Waals surface area contributed by atoms with Crippen LogP contribution in [-0.2, 0) is 6.61 Å². The van der Waals surface area contributed by atoms with Crippen molar-refractivity contribution >= 4 is 11.8 Å². The topological polar surface area (TPSA) is 30.7 Å². The molecule has 4 aromatic rings. The number of nitrogens with zero attached hydrogens (tertiary/aromatic N) is 1. The van der Waals surface area contributed by atoms with Gasteiger partial charge in [-0.05, 0) is 60.9 Å². The first-order valence-corrected chi connectivity index (χ1v) is 9.01. The molecule has 0 aliphatic heterocycles. The van der Waals surface area contributed by atoms with Crippen molar-refractivity contribution < 1.29 is 9.53 Å². The molecule has 2 aromatic carbocycles. The molecule has 2 heterocycles. The number of benzene rings is 2. The zero-order valence-corrected chi connectivity index (χ0v) is 15.5. The third kappa shape index (κ3) is 3.24. The number of aldehydes is 1. The monoisotopic (exact) mass is 355 g/mol. The van der Waals surface area contributed by atoms with E-state index >= 15 is 0 Å². The molecule has 0 amide bonds. The van der Waals surface area contributed by atoms with Crippen LogP contribution in [0.1, 0.15) is 27.2 Å². The number of hydrogen-bond donors (Lipinski definition) is 0. The Hall–Kier alpha value is -3.33. The van der Waals surface area contributed by atoms with E-state index in [1.54, 1.807) is 0 Å².